The zero-order valence-electron chi connectivity index (χ0n) is 7.16. The highest BCUT2D eigenvalue weighted by Crippen LogP contribution is 2.28. The number of esters is 1. The van der Waals surface area contributed by atoms with Gasteiger partial charge in [-0.15, -0.1) is 0 Å². The molecule has 0 saturated heterocycles. The minimum Gasteiger partial charge on any atom is -0.465 e. The predicted molar refractivity (Wildman–Crippen MR) is 45.9 cm³/mol. The quantitative estimate of drug-likeness (QED) is 0.558. The summed E-state index contributed by atoms with van der Waals surface area (Å²) in [5.41, 5.74) is 1.75. The number of fused-ring (bicyclic) bond motifs is 2. The van der Waals surface area contributed by atoms with Crippen LogP contribution >= 0.6 is 0 Å². The van der Waals surface area contributed by atoms with Crippen molar-refractivity contribution in [3.63, 3.8) is 0 Å². The normalized spacial score (nSPS) is 19.2. The van der Waals surface area contributed by atoms with Gasteiger partial charge in [-0.3, -0.25) is 4.79 Å². The van der Waals surface area contributed by atoms with E-state index in [2.05, 4.69) is 4.74 Å². The van der Waals surface area contributed by atoms with Gasteiger partial charge in [0, 0.05) is 11.1 Å². The zero-order chi connectivity index (χ0) is 9.42. The van der Waals surface area contributed by atoms with Crippen LogP contribution in [0.3, 0.4) is 0 Å². The van der Waals surface area contributed by atoms with Gasteiger partial charge in [-0.05, 0) is 18.6 Å². The van der Waals surface area contributed by atoms with Crippen LogP contribution in [-0.4, -0.2) is 18.9 Å². The van der Waals surface area contributed by atoms with E-state index in [0.717, 1.165) is 0 Å². The molecule has 0 N–H and O–H groups in total. The first-order valence-corrected chi connectivity index (χ1v) is 3.98. The molecule has 2 aliphatic rings. The van der Waals surface area contributed by atoms with Crippen molar-refractivity contribution in [2.45, 2.75) is 6.42 Å². The van der Waals surface area contributed by atoms with E-state index in [4.69, 9.17) is 0 Å². The van der Waals surface area contributed by atoms with Crippen LogP contribution in [0.15, 0.2) is 34.9 Å². The Labute approximate surface area is 75.4 Å². The Morgan fingerprint density at radius 3 is 2.85 bits per heavy atom. The number of rotatable bonds is 1. The highest BCUT2D eigenvalue weighted by molar-refractivity contribution is 6.16. The lowest BCUT2D eigenvalue weighted by Crippen LogP contribution is -2.10. The van der Waals surface area contributed by atoms with Gasteiger partial charge in [0.1, 0.15) is 0 Å². The van der Waals surface area contributed by atoms with Crippen LogP contribution in [0.1, 0.15) is 6.42 Å². The Morgan fingerprint density at radius 2 is 2.23 bits per heavy atom. The lowest BCUT2D eigenvalue weighted by atomic mass is 9.99. The van der Waals surface area contributed by atoms with Gasteiger partial charge >= 0.3 is 5.97 Å². The van der Waals surface area contributed by atoms with E-state index in [0.29, 0.717) is 23.1 Å². The van der Waals surface area contributed by atoms with E-state index >= 15 is 0 Å². The highest BCUT2D eigenvalue weighted by atomic mass is 16.5. The molecule has 2 aliphatic carbocycles. The Bertz CT molecular complexity index is 383. The maximum atomic E-state index is 11.3. The number of ketones is 1. The van der Waals surface area contributed by atoms with Crippen LogP contribution in [0, 0.1) is 0 Å². The van der Waals surface area contributed by atoms with Crippen LogP contribution in [0.4, 0.5) is 0 Å². The number of Topliss-reactive ketones (excluding diaryl/α,β-unsaturated/α-hetero) is 1. The van der Waals surface area contributed by atoms with E-state index < -0.39 is 5.97 Å². The highest BCUT2D eigenvalue weighted by Gasteiger charge is 2.26. The van der Waals surface area contributed by atoms with Crippen LogP contribution < -0.4 is 0 Å². The number of hydrogen-bond acceptors (Lipinski definition) is 3. The van der Waals surface area contributed by atoms with Crippen molar-refractivity contribution < 1.29 is 14.3 Å². The van der Waals surface area contributed by atoms with Crippen LogP contribution in [0.5, 0.6) is 0 Å². The van der Waals surface area contributed by atoms with E-state index in [1.807, 2.05) is 6.08 Å². The van der Waals surface area contributed by atoms with Crippen molar-refractivity contribution in [3.8, 4) is 0 Å². The number of allylic oxidation sites excluding steroid dienone is 4. The van der Waals surface area contributed by atoms with E-state index in [1.54, 1.807) is 12.2 Å². The summed E-state index contributed by atoms with van der Waals surface area (Å²) < 4.78 is 4.56. The number of carbonyl (C=O) groups excluding carboxylic acids is 2. The molecule has 2 bridgehead atoms. The first-order valence-electron chi connectivity index (χ1n) is 3.98. The molecule has 0 amide bonds. The summed E-state index contributed by atoms with van der Waals surface area (Å²) in [6.07, 6.45) is 5.63. The molecular formula is C10H8O3. The standard InChI is InChI=1S/C10H8O3/c1-13-10(12)8-4-6-2-3-7(5-8)9(6)11/h2,4-5H,3H2,1H3. The monoisotopic (exact) mass is 176 g/mol. The summed E-state index contributed by atoms with van der Waals surface area (Å²) in [4.78, 5) is 22.4. The molecule has 0 aromatic heterocycles. The van der Waals surface area contributed by atoms with Gasteiger partial charge in [-0.25, -0.2) is 4.79 Å². The van der Waals surface area contributed by atoms with Gasteiger partial charge in [0.05, 0.1) is 12.7 Å². The molecule has 0 spiro atoms. The summed E-state index contributed by atoms with van der Waals surface area (Å²) in [6.45, 7) is 0. The number of ether oxygens (including phenoxy) is 1. The van der Waals surface area contributed by atoms with Crippen molar-refractivity contribution >= 4 is 11.8 Å². The van der Waals surface area contributed by atoms with Crippen LogP contribution in [0.2, 0.25) is 0 Å². The third-order valence-electron chi connectivity index (χ3n) is 2.16. The second-order valence-corrected chi connectivity index (χ2v) is 2.95. The van der Waals surface area contributed by atoms with Crippen LogP contribution in [-0.2, 0) is 14.3 Å². The lowest BCUT2D eigenvalue weighted by Gasteiger charge is -2.06. The van der Waals surface area contributed by atoms with E-state index in [1.165, 1.54) is 7.11 Å². The molecule has 13 heavy (non-hydrogen) atoms. The maximum Gasteiger partial charge on any atom is 0.337 e. The molecule has 0 fully saturated rings. The molecule has 0 heterocycles. The Balaban J connectivity index is 2.39. The third-order valence-corrected chi connectivity index (χ3v) is 2.16. The lowest BCUT2D eigenvalue weighted by molar-refractivity contribution is -0.135. The maximum absolute atomic E-state index is 11.3. The molecule has 0 aromatic rings. The van der Waals surface area contributed by atoms with E-state index in [9.17, 15) is 9.59 Å². The molecule has 0 unspecified atom stereocenters. The average Bonchev–Trinajstić information content (AvgIpc) is 2.42. The zero-order valence-corrected chi connectivity index (χ0v) is 7.16. The van der Waals surface area contributed by atoms with Crippen molar-refractivity contribution in [2.75, 3.05) is 7.11 Å². The molecule has 3 heteroatoms. The largest absolute Gasteiger partial charge is 0.465 e. The SMILES string of the molecule is COC(=O)C1=CC2=CCC(=C1)C2=O. The van der Waals surface area contributed by atoms with Crippen molar-refractivity contribution in [3.05, 3.63) is 34.9 Å². The minimum atomic E-state index is -0.391. The molecule has 2 rings (SSSR count). The summed E-state index contributed by atoms with van der Waals surface area (Å²) >= 11 is 0. The first kappa shape index (κ1) is 7.98. The first-order chi connectivity index (χ1) is 6.22. The Morgan fingerprint density at radius 1 is 1.46 bits per heavy atom. The fourth-order valence-electron chi connectivity index (χ4n) is 1.47. The van der Waals surface area contributed by atoms with Gasteiger partial charge < -0.3 is 4.74 Å². The molecule has 0 aliphatic heterocycles. The van der Waals surface area contributed by atoms with Gasteiger partial charge in [-0.1, -0.05) is 6.08 Å². The fourth-order valence-corrected chi connectivity index (χ4v) is 1.47. The summed E-state index contributed by atoms with van der Waals surface area (Å²) in [5.74, 6) is -0.356. The van der Waals surface area contributed by atoms with E-state index in [-0.39, 0.29) is 5.78 Å². The molecule has 0 atom stereocenters. The summed E-state index contributed by atoms with van der Waals surface area (Å²) in [7, 11) is 1.33. The topological polar surface area (TPSA) is 43.4 Å². The molecule has 0 radical (unpaired) electrons. The second-order valence-electron chi connectivity index (χ2n) is 2.95. The van der Waals surface area contributed by atoms with Crippen LogP contribution in [0.25, 0.3) is 0 Å². The number of methoxy groups -OCH3 is 1. The Kier molecular flexibility index (Phi) is 1.65. The molecular weight excluding hydrogens is 168 g/mol. The van der Waals surface area contributed by atoms with Gasteiger partial charge in [-0.2, -0.15) is 0 Å². The van der Waals surface area contributed by atoms with Gasteiger partial charge in [0.15, 0.2) is 5.78 Å². The van der Waals surface area contributed by atoms with Crippen molar-refractivity contribution in [2.24, 2.45) is 0 Å². The molecule has 66 valence electrons. The summed E-state index contributed by atoms with van der Waals surface area (Å²) in [6, 6.07) is 0. The predicted octanol–water partition coefficient (Wildman–Crippen LogP) is 0.925. The second kappa shape index (κ2) is 2.69. The van der Waals surface area contributed by atoms with Gasteiger partial charge in [0.2, 0.25) is 0 Å². The fraction of sp³-hybridized carbons (Fsp3) is 0.200. The summed E-state index contributed by atoms with van der Waals surface area (Å²) in [5, 5.41) is 0. The average molecular weight is 176 g/mol. The number of carbonyl (C=O) groups is 2. The third kappa shape index (κ3) is 1.13. The molecule has 0 aromatic carbocycles. The van der Waals surface area contributed by atoms with Crippen molar-refractivity contribution in [1.29, 1.82) is 0 Å². The molecule has 3 nitrogen and oxygen atoms in total. The number of hydrogen-bond donors (Lipinski definition) is 0. The van der Waals surface area contributed by atoms with Crippen molar-refractivity contribution in [1.82, 2.24) is 0 Å². The smallest absolute Gasteiger partial charge is 0.337 e. The van der Waals surface area contributed by atoms with Gasteiger partial charge in [0.25, 0.3) is 0 Å². The Hall–Kier alpha value is -1.64. The molecule has 0 saturated carbocycles. The minimum absolute atomic E-state index is 0.0349.